The Balaban J connectivity index is 1.89. The van der Waals surface area contributed by atoms with E-state index < -0.39 is 0 Å². The largest absolute Gasteiger partial charge is 0.307 e. The monoisotopic (exact) mass is 271 g/mol. The van der Waals surface area contributed by atoms with Crippen LogP contribution >= 0.6 is 11.8 Å². The molecule has 0 saturated heterocycles. The predicted octanol–water partition coefficient (Wildman–Crippen LogP) is 2.31. The van der Waals surface area contributed by atoms with Gasteiger partial charge in [0.1, 0.15) is 5.03 Å². The van der Waals surface area contributed by atoms with E-state index in [2.05, 4.69) is 27.5 Å². The van der Waals surface area contributed by atoms with E-state index in [0.29, 0.717) is 5.82 Å². The molecule has 0 radical (unpaired) electrons. The summed E-state index contributed by atoms with van der Waals surface area (Å²) in [5.41, 5.74) is 4.68. The van der Waals surface area contributed by atoms with Crippen LogP contribution in [-0.4, -0.2) is 14.4 Å². The van der Waals surface area contributed by atoms with E-state index in [1.54, 1.807) is 18.0 Å². The zero-order valence-corrected chi connectivity index (χ0v) is 11.0. The van der Waals surface area contributed by atoms with Crippen molar-refractivity contribution in [2.24, 2.45) is 5.84 Å². The van der Waals surface area contributed by atoms with Crippen molar-refractivity contribution in [2.75, 3.05) is 5.43 Å². The van der Waals surface area contributed by atoms with Gasteiger partial charge in [0.15, 0.2) is 11.5 Å². The van der Waals surface area contributed by atoms with Gasteiger partial charge in [0.2, 0.25) is 0 Å². The van der Waals surface area contributed by atoms with Crippen LogP contribution < -0.4 is 11.3 Å². The zero-order chi connectivity index (χ0) is 13.1. The van der Waals surface area contributed by atoms with Crippen molar-refractivity contribution in [1.82, 2.24) is 14.4 Å². The third kappa shape index (κ3) is 2.54. The third-order valence-electron chi connectivity index (χ3n) is 2.71. The number of nitrogens with one attached hydrogen (secondary N) is 1. The Morgan fingerprint density at radius 1 is 1.26 bits per heavy atom. The molecule has 0 bridgehead atoms. The number of fused-ring (bicyclic) bond motifs is 1. The Labute approximate surface area is 114 Å². The molecule has 1 aromatic carbocycles. The second kappa shape index (κ2) is 5.29. The number of aromatic nitrogens is 3. The first-order valence-corrected chi connectivity index (χ1v) is 6.82. The summed E-state index contributed by atoms with van der Waals surface area (Å²) in [6, 6.07) is 10.3. The number of anilines is 1. The Morgan fingerprint density at radius 2 is 2.11 bits per heavy atom. The maximum atomic E-state index is 5.43. The quantitative estimate of drug-likeness (QED) is 0.433. The van der Waals surface area contributed by atoms with Crippen LogP contribution in [0, 0.1) is 0 Å². The van der Waals surface area contributed by atoms with Gasteiger partial charge in [-0.2, -0.15) is 0 Å². The molecule has 3 rings (SSSR count). The minimum atomic E-state index is 0.626. The highest BCUT2D eigenvalue weighted by Gasteiger charge is 2.07. The number of nitrogens with zero attached hydrogens (tertiary/aromatic N) is 3. The number of hydrogen-bond donors (Lipinski definition) is 2. The molecule has 0 spiro atoms. The van der Waals surface area contributed by atoms with E-state index in [1.165, 1.54) is 5.56 Å². The number of thioether (sulfide) groups is 1. The molecule has 0 saturated carbocycles. The first-order chi connectivity index (χ1) is 9.36. The number of nitrogen functional groups attached to an aromatic ring is 1. The summed E-state index contributed by atoms with van der Waals surface area (Å²) >= 11 is 1.65. The van der Waals surface area contributed by atoms with Crippen LogP contribution in [-0.2, 0) is 5.75 Å². The molecule has 0 fully saturated rings. The summed E-state index contributed by atoms with van der Waals surface area (Å²) in [6.07, 6.45) is 5.45. The van der Waals surface area contributed by atoms with Crippen LogP contribution in [0.1, 0.15) is 5.56 Å². The molecule has 0 atom stereocenters. The van der Waals surface area contributed by atoms with Gasteiger partial charge in [-0.1, -0.05) is 42.1 Å². The number of benzene rings is 1. The van der Waals surface area contributed by atoms with Gasteiger partial charge in [-0.25, -0.2) is 15.8 Å². The van der Waals surface area contributed by atoms with Gasteiger partial charge in [0.05, 0.1) is 6.20 Å². The Bertz CT molecular complexity index is 680. The molecular weight excluding hydrogens is 258 g/mol. The first-order valence-electron chi connectivity index (χ1n) is 5.84. The molecule has 2 aromatic heterocycles. The van der Waals surface area contributed by atoms with Crippen LogP contribution in [0.4, 0.5) is 5.82 Å². The summed E-state index contributed by atoms with van der Waals surface area (Å²) < 4.78 is 1.91. The van der Waals surface area contributed by atoms with Crippen molar-refractivity contribution in [3.63, 3.8) is 0 Å². The molecule has 3 N–H and O–H groups in total. The van der Waals surface area contributed by atoms with Crippen LogP contribution in [0.2, 0.25) is 0 Å². The minimum Gasteiger partial charge on any atom is -0.307 e. The third-order valence-corrected chi connectivity index (χ3v) is 3.73. The van der Waals surface area contributed by atoms with Crippen LogP contribution in [0.5, 0.6) is 0 Å². The molecule has 6 heteroatoms. The highest BCUT2D eigenvalue weighted by Crippen LogP contribution is 2.25. The smallest absolute Gasteiger partial charge is 0.169 e. The van der Waals surface area contributed by atoms with Crippen molar-refractivity contribution in [1.29, 1.82) is 0 Å². The lowest BCUT2D eigenvalue weighted by atomic mass is 10.2. The van der Waals surface area contributed by atoms with Crippen molar-refractivity contribution in [2.45, 2.75) is 10.8 Å². The fourth-order valence-electron chi connectivity index (χ4n) is 1.80. The molecule has 19 heavy (non-hydrogen) atoms. The molecule has 96 valence electrons. The Morgan fingerprint density at radius 3 is 2.89 bits per heavy atom. The van der Waals surface area contributed by atoms with Crippen LogP contribution in [0.25, 0.3) is 5.65 Å². The maximum absolute atomic E-state index is 5.43. The number of rotatable bonds is 4. The average Bonchev–Trinajstić information content (AvgIpc) is 2.94. The maximum Gasteiger partial charge on any atom is 0.169 e. The van der Waals surface area contributed by atoms with Gasteiger partial charge in [0, 0.05) is 18.1 Å². The molecule has 5 nitrogen and oxygen atoms in total. The first kappa shape index (κ1) is 12.0. The molecule has 0 amide bonds. The standard InChI is InChI=1S/C13H13N5S/c14-17-11-8-18-7-6-15-12(18)13(16-11)19-9-10-4-2-1-3-5-10/h1-8,17H,9,14H2. The summed E-state index contributed by atoms with van der Waals surface area (Å²) in [5, 5.41) is 0.865. The molecule has 0 aliphatic heterocycles. The van der Waals surface area contributed by atoms with E-state index >= 15 is 0 Å². The second-order valence-corrected chi connectivity index (χ2v) is 4.97. The fourth-order valence-corrected chi connectivity index (χ4v) is 2.74. The SMILES string of the molecule is NNc1cn2ccnc2c(SCc2ccccc2)n1. The van der Waals surface area contributed by atoms with E-state index in [0.717, 1.165) is 16.4 Å². The lowest BCUT2D eigenvalue weighted by Gasteiger charge is -2.06. The van der Waals surface area contributed by atoms with Gasteiger partial charge in [-0.15, -0.1) is 0 Å². The molecule has 3 aromatic rings. The van der Waals surface area contributed by atoms with Crippen molar-refractivity contribution < 1.29 is 0 Å². The highest BCUT2D eigenvalue weighted by atomic mass is 32.2. The number of hydrazine groups is 1. The normalized spacial score (nSPS) is 10.8. The Hall–Kier alpha value is -2.05. The summed E-state index contributed by atoms with van der Waals surface area (Å²) in [6.45, 7) is 0. The molecule has 2 heterocycles. The van der Waals surface area contributed by atoms with Gasteiger partial charge in [-0.3, -0.25) is 0 Å². The second-order valence-electron chi connectivity index (χ2n) is 4.01. The van der Waals surface area contributed by atoms with E-state index in [4.69, 9.17) is 5.84 Å². The summed E-state index contributed by atoms with van der Waals surface area (Å²) in [7, 11) is 0. The zero-order valence-electron chi connectivity index (χ0n) is 10.2. The van der Waals surface area contributed by atoms with Crippen molar-refractivity contribution in [3.8, 4) is 0 Å². The Kier molecular flexibility index (Phi) is 3.35. The molecule has 0 aliphatic rings. The average molecular weight is 271 g/mol. The van der Waals surface area contributed by atoms with Crippen molar-refractivity contribution >= 4 is 23.2 Å². The van der Waals surface area contributed by atoms with Crippen LogP contribution in [0.3, 0.4) is 0 Å². The summed E-state index contributed by atoms with van der Waals surface area (Å²) in [5.74, 6) is 6.91. The van der Waals surface area contributed by atoms with E-state index in [-0.39, 0.29) is 0 Å². The van der Waals surface area contributed by atoms with Gasteiger partial charge < -0.3 is 9.83 Å². The van der Waals surface area contributed by atoms with Gasteiger partial charge in [0.25, 0.3) is 0 Å². The van der Waals surface area contributed by atoms with Gasteiger partial charge >= 0.3 is 0 Å². The number of imidazole rings is 1. The van der Waals surface area contributed by atoms with Crippen molar-refractivity contribution in [3.05, 3.63) is 54.5 Å². The molecular formula is C13H13N5S. The highest BCUT2D eigenvalue weighted by molar-refractivity contribution is 7.98. The predicted molar refractivity (Wildman–Crippen MR) is 76.8 cm³/mol. The van der Waals surface area contributed by atoms with E-state index in [9.17, 15) is 0 Å². The lowest BCUT2D eigenvalue weighted by Crippen LogP contribution is -2.10. The molecule has 0 unspecified atom stereocenters. The topological polar surface area (TPSA) is 68.2 Å². The van der Waals surface area contributed by atoms with Crippen LogP contribution in [0.15, 0.2) is 53.9 Å². The fraction of sp³-hybridized carbons (Fsp3) is 0.0769. The summed E-state index contributed by atoms with van der Waals surface area (Å²) in [4.78, 5) is 8.77. The lowest BCUT2D eigenvalue weighted by molar-refractivity contribution is 1.02. The number of nitrogens with two attached hydrogens (primary N) is 1. The van der Waals surface area contributed by atoms with Gasteiger partial charge in [-0.05, 0) is 5.56 Å². The number of hydrogen-bond acceptors (Lipinski definition) is 5. The minimum absolute atomic E-state index is 0.626. The van der Waals surface area contributed by atoms with E-state index in [1.807, 2.05) is 35.0 Å². The molecule has 0 aliphatic carbocycles.